The molecule has 0 saturated carbocycles. The minimum absolute atomic E-state index is 0. The molecule has 0 spiro atoms. The summed E-state index contributed by atoms with van der Waals surface area (Å²) >= 11 is 0. The number of carbonyl (C=O) groups is 1. The molecule has 19 heavy (non-hydrogen) atoms. The highest BCUT2D eigenvalue weighted by Crippen LogP contribution is 2.10. The van der Waals surface area contributed by atoms with Crippen LogP contribution in [0.1, 0.15) is 13.3 Å². The third-order valence-electron chi connectivity index (χ3n) is 2.16. The van der Waals surface area contributed by atoms with E-state index in [9.17, 15) is 13.2 Å². The molecular weight excluding hydrogens is 313 g/mol. The van der Waals surface area contributed by atoms with E-state index < -0.39 is 15.9 Å². The molecule has 1 atom stereocenters. The molecule has 9 heteroatoms. The fraction of sp³-hybridized carbons (Fsp3) is 0.400. The van der Waals surface area contributed by atoms with E-state index in [1.54, 1.807) is 6.92 Å². The van der Waals surface area contributed by atoms with E-state index in [2.05, 4.69) is 10.3 Å². The highest BCUT2D eigenvalue weighted by atomic mass is 35.5. The third-order valence-corrected chi connectivity index (χ3v) is 3.16. The largest absolute Gasteiger partial charge is 0.323 e. The fourth-order valence-corrected chi connectivity index (χ4v) is 1.65. The second-order valence-electron chi connectivity index (χ2n) is 3.66. The van der Waals surface area contributed by atoms with Crippen LogP contribution in [-0.2, 0) is 14.6 Å². The number of hydrogen-bond acceptors (Lipinski definition) is 5. The van der Waals surface area contributed by atoms with Crippen molar-refractivity contribution in [3.63, 3.8) is 0 Å². The molecule has 0 aromatic carbocycles. The lowest BCUT2D eigenvalue weighted by Gasteiger charge is -2.09. The van der Waals surface area contributed by atoms with Gasteiger partial charge in [0.1, 0.15) is 0 Å². The van der Waals surface area contributed by atoms with Crippen LogP contribution in [0.15, 0.2) is 23.4 Å². The Morgan fingerprint density at radius 3 is 2.37 bits per heavy atom. The van der Waals surface area contributed by atoms with Crippen molar-refractivity contribution in [3.8, 4) is 0 Å². The Kier molecular flexibility index (Phi) is 8.94. The number of amides is 1. The van der Waals surface area contributed by atoms with E-state index in [1.807, 2.05) is 0 Å². The molecule has 0 unspecified atom stereocenters. The number of nitrogens with two attached hydrogens (primary N) is 1. The summed E-state index contributed by atoms with van der Waals surface area (Å²) in [5.74, 6) is -0.318. The third kappa shape index (κ3) is 6.20. The highest BCUT2D eigenvalue weighted by Gasteiger charge is 2.12. The first kappa shape index (κ1) is 20.4. The topological polar surface area (TPSA) is 102 Å². The quantitative estimate of drug-likeness (QED) is 0.858. The van der Waals surface area contributed by atoms with E-state index >= 15 is 0 Å². The first-order valence-corrected chi connectivity index (χ1v) is 6.96. The molecule has 1 aromatic rings. The van der Waals surface area contributed by atoms with Gasteiger partial charge in [0.25, 0.3) is 0 Å². The molecule has 3 N–H and O–H groups in total. The number of nitrogens with one attached hydrogen (secondary N) is 1. The number of aromatic nitrogens is 1. The molecule has 0 radical (unpaired) electrons. The van der Waals surface area contributed by atoms with Crippen LogP contribution in [0.3, 0.4) is 0 Å². The second-order valence-corrected chi connectivity index (χ2v) is 5.62. The Hall–Kier alpha value is -0.890. The van der Waals surface area contributed by atoms with Crippen molar-refractivity contribution in [3.05, 3.63) is 18.3 Å². The van der Waals surface area contributed by atoms with Crippen molar-refractivity contribution in [2.75, 3.05) is 11.6 Å². The van der Waals surface area contributed by atoms with Crippen molar-refractivity contribution in [2.45, 2.75) is 24.4 Å². The zero-order chi connectivity index (χ0) is 13.1. The first-order valence-electron chi connectivity index (χ1n) is 5.07. The maximum Gasteiger partial charge on any atom is 0.241 e. The Labute approximate surface area is 124 Å². The SMILES string of the molecule is CC[C@H](N)C(=O)Nc1ccc(S(C)(=O)=O)nc1.Cl.Cl. The monoisotopic (exact) mass is 329 g/mol. The van der Waals surface area contributed by atoms with Gasteiger partial charge in [0, 0.05) is 6.26 Å². The van der Waals surface area contributed by atoms with Crippen LogP contribution < -0.4 is 11.1 Å². The van der Waals surface area contributed by atoms with Gasteiger partial charge in [-0.15, -0.1) is 24.8 Å². The molecule has 1 rings (SSSR count). The van der Waals surface area contributed by atoms with Gasteiger partial charge in [-0.25, -0.2) is 13.4 Å². The Bertz CT molecular complexity index is 505. The van der Waals surface area contributed by atoms with Crippen molar-refractivity contribution in [1.29, 1.82) is 0 Å². The van der Waals surface area contributed by atoms with Gasteiger partial charge in [0.15, 0.2) is 14.9 Å². The lowest BCUT2D eigenvalue weighted by molar-refractivity contribution is -0.117. The molecule has 0 aliphatic heterocycles. The Morgan fingerprint density at radius 1 is 1.42 bits per heavy atom. The summed E-state index contributed by atoms with van der Waals surface area (Å²) in [5, 5.41) is 2.52. The number of halogens is 2. The number of pyridine rings is 1. The maximum atomic E-state index is 11.4. The summed E-state index contributed by atoms with van der Waals surface area (Å²) in [7, 11) is -3.32. The number of carbonyl (C=O) groups excluding carboxylic acids is 1. The maximum absolute atomic E-state index is 11.4. The average Bonchev–Trinajstić information content (AvgIpc) is 2.27. The van der Waals surface area contributed by atoms with Gasteiger partial charge in [-0.3, -0.25) is 4.79 Å². The van der Waals surface area contributed by atoms with Gasteiger partial charge in [-0.1, -0.05) is 6.92 Å². The standard InChI is InChI=1S/C10H15N3O3S.2ClH/c1-3-8(11)10(14)13-7-4-5-9(12-6-7)17(2,15)16;;/h4-6,8H,3,11H2,1-2H3,(H,13,14);2*1H/t8-;;/m0../s1. The normalized spacial score (nSPS) is 11.7. The molecule has 1 amide bonds. The fourth-order valence-electron chi connectivity index (χ4n) is 1.09. The lowest BCUT2D eigenvalue weighted by atomic mass is 10.2. The van der Waals surface area contributed by atoms with Gasteiger partial charge in [-0.2, -0.15) is 0 Å². The molecule has 6 nitrogen and oxygen atoms in total. The van der Waals surface area contributed by atoms with Crippen LogP contribution >= 0.6 is 24.8 Å². The number of hydrogen-bond donors (Lipinski definition) is 2. The zero-order valence-corrected chi connectivity index (χ0v) is 12.9. The van der Waals surface area contributed by atoms with Crippen molar-refractivity contribution < 1.29 is 13.2 Å². The van der Waals surface area contributed by atoms with E-state index in [0.29, 0.717) is 12.1 Å². The van der Waals surface area contributed by atoms with Gasteiger partial charge in [0.2, 0.25) is 5.91 Å². The van der Waals surface area contributed by atoms with Crippen molar-refractivity contribution in [1.82, 2.24) is 4.98 Å². The van der Waals surface area contributed by atoms with E-state index in [0.717, 1.165) is 6.26 Å². The molecule has 0 fully saturated rings. The molecule has 0 saturated heterocycles. The number of anilines is 1. The van der Waals surface area contributed by atoms with Crippen molar-refractivity contribution >= 4 is 46.2 Å². The summed E-state index contributed by atoms with van der Waals surface area (Å²) in [5.41, 5.74) is 5.96. The zero-order valence-electron chi connectivity index (χ0n) is 10.5. The molecular formula is C10H17Cl2N3O3S. The molecule has 0 bridgehead atoms. The number of rotatable bonds is 4. The van der Waals surface area contributed by atoms with Gasteiger partial charge < -0.3 is 11.1 Å². The molecule has 0 aliphatic rings. The average molecular weight is 330 g/mol. The van der Waals surface area contributed by atoms with Crippen LogP contribution in [0, 0.1) is 0 Å². The Morgan fingerprint density at radius 2 is 2.00 bits per heavy atom. The number of nitrogens with zero attached hydrogens (tertiary/aromatic N) is 1. The molecule has 1 heterocycles. The van der Waals surface area contributed by atoms with E-state index in [1.165, 1.54) is 18.3 Å². The van der Waals surface area contributed by atoms with Crippen LogP contribution in [-0.4, -0.2) is 31.6 Å². The number of sulfone groups is 1. The van der Waals surface area contributed by atoms with E-state index in [4.69, 9.17) is 5.73 Å². The molecule has 110 valence electrons. The predicted octanol–water partition coefficient (Wildman–Crippen LogP) is 1.00. The smallest absolute Gasteiger partial charge is 0.241 e. The predicted molar refractivity (Wildman–Crippen MR) is 78.7 cm³/mol. The van der Waals surface area contributed by atoms with Crippen LogP contribution in [0.5, 0.6) is 0 Å². The van der Waals surface area contributed by atoms with E-state index in [-0.39, 0.29) is 35.7 Å². The summed E-state index contributed by atoms with van der Waals surface area (Å²) in [6.45, 7) is 1.80. The summed E-state index contributed by atoms with van der Waals surface area (Å²) in [4.78, 5) is 15.2. The van der Waals surface area contributed by atoms with Crippen LogP contribution in [0.25, 0.3) is 0 Å². The highest BCUT2D eigenvalue weighted by molar-refractivity contribution is 7.90. The van der Waals surface area contributed by atoms with Gasteiger partial charge in [0.05, 0.1) is 17.9 Å². The summed E-state index contributed by atoms with van der Waals surface area (Å²) in [6, 6.07) is 2.23. The van der Waals surface area contributed by atoms with Crippen LogP contribution in [0.2, 0.25) is 0 Å². The second kappa shape index (κ2) is 8.31. The van der Waals surface area contributed by atoms with Gasteiger partial charge >= 0.3 is 0 Å². The lowest BCUT2D eigenvalue weighted by Crippen LogP contribution is -2.34. The molecule has 1 aromatic heterocycles. The minimum atomic E-state index is -3.32. The minimum Gasteiger partial charge on any atom is -0.323 e. The molecule has 0 aliphatic carbocycles. The summed E-state index contributed by atoms with van der Waals surface area (Å²) in [6.07, 6.45) is 2.89. The summed E-state index contributed by atoms with van der Waals surface area (Å²) < 4.78 is 22.3. The first-order chi connectivity index (χ1) is 7.84. The van der Waals surface area contributed by atoms with Crippen LogP contribution in [0.4, 0.5) is 5.69 Å². The van der Waals surface area contributed by atoms with Gasteiger partial charge in [-0.05, 0) is 18.6 Å². The van der Waals surface area contributed by atoms with Crippen molar-refractivity contribution in [2.24, 2.45) is 5.73 Å². The Balaban J connectivity index is 0.